The van der Waals surface area contributed by atoms with Crippen molar-refractivity contribution < 1.29 is 23.1 Å². The fourth-order valence-electron chi connectivity index (χ4n) is 8.15. The van der Waals surface area contributed by atoms with Crippen molar-refractivity contribution in [3.8, 4) is 11.3 Å². The van der Waals surface area contributed by atoms with E-state index in [2.05, 4.69) is 78.4 Å². The van der Waals surface area contributed by atoms with Gasteiger partial charge in [-0.2, -0.15) is 0 Å². The Labute approximate surface area is 341 Å². The predicted octanol–water partition coefficient (Wildman–Crippen LogP) is 9.63. The Morgan fingerprint density at radius 1 is 1.02 bits per heavy atom. The normalized spacial score (nSPS) is 23.9. The second-order valence-corrected chi connectivity index (χ2v) is 25.0. The van der Waals surface area contributed by atoms with Crippen molar-refractivity contribution in [3.63, 3.8) is 0 Å². The molecule has 15 heteroatoms. The summed E-state index contributed by atoms with van der Waals surface area (Å²) in [6.45, 7) is 24.0. The summed E-state index contributed by atoms with van der Waals surface area (Å²) in [6.07, 6.45) is 3.90. The summed E-state index contributed by atoms with van der Waals surface area (Å²) in [5.41, 5.74) is 1.10. The van der Waals surface area contributed by atoms with Crippen LogP contribution in [0.25, 0.3) is 11.3 Å². The highest BCUT2D eigenvalue weighted by molar-refractivity contribution is 7.99. The van der Waals surface area contributed by atoms with Crippen LogP contribution in [0.3, 0.4) is 0 Å². The van der Waals surface area contributed by atoms with Crippen molar-refractivity contribution in [1.29, 1.82) is 0 Å². The highest BCUT2D eigenvalue weighted by Gasteiger charge is 2.71. The van der Waals surface area contributed by atoms with Crippen molar-refractivity contribution >= 4 is 60.9 Å². The third-order valence-electron chi connectivity index (χ3n) is 11.6. The minimum absolute atomic E-state index is 0.0113. The Balaban J connectivity index is 1.08. The first-order valence-electron chi connectivity index (χ1n) is 19.5. The maximum atomic E-state index is 14.9. The number of halogens is 2. The highest BCUT2D eigenvalue weighted by atomic mass is 35.5. The number of thioether (sulfide) groups is 1. The summed E-state index contributed by atoms with van der Waals surface area (Å²) in [5.74, 6) is 0.636. The number of rotatable bonds is 12. The lowest BCUT2D eigenvalue weighted by atomic mass is 9.34. The monoisotopic (exact) mass is 825 g/mol. The molecule has 11 nitrogen and oxygen atoms in total. The van der Waals surface area contributed by atoms with E-state index in [9.17, 15) is 14.0 Å². The SMILES string of the molecule is C[C@@H]1CN(CC23CC(C(=O)Nc4cc(Nc5cc(-c6cc(Cl)ccc6F)nnc5SCCO[Si](C)(C)C(C)(C)C)ccn4)(C2)C3)C[C@H](C)N1C(=O)OC(C)(C)C. The molecule has 4 fully saturated rings. The molecular weight excluding hydrogens is 769 g/mol. The summed E-state index contributed by atoms with van der Waals surface area (Å²) >= 11 is 7.72. The van der Waals surface area contributed by atoms with Gasteiger partial charge in [-0.15, -0.1) is 22.0 Å². The molecule has 56 heavy (non-hydrogen) atoms. The van der Waals surface area contributed by atoms with Gasteiger partial charge in [-0.25, -0.2) is 14.2 Å². The Morgan fingerprint density at radius 2 is 1.70 bits per heavy atom. The Kier molecular flexibility index (Phi) is 11.9. The number of piperazine rings is 1. The third-order valence-corrected chi connectivity index (χ3v) is 17.3. The molecule has 3 heterocycles. The molecule has 304 valence electrons. The summed E-state index contributed by atoms with van der Waals surface area (Å²) < 4.78 is 27.0. The molecule has 0 spiro atoms. The predicted molar refractivity (Wildman–Crippen MR) is 225 cm³/mol. The number of pyridine rings is 1. The zero-order valence-electron chi connectivity index (χ0n) is 34.4. The third kappa shape index (κ3) is 9.35. The quantitative estimate of drug-likeness (QED) is 0.104. The van der Waals surface area contributed by atoms with E-state index in [-0.39, 0.29) is 45.5 Å². The molecule has 3 saturated carbocycles. The van der Waals surface area contributed by atoms with Crippen molar-refractivity contribution in [2.75, 3.05) is 42.6 Å². The van der Waals surface area contributed by atoms with E-state index in [1.165, 1.54) is 30.0 Å². The number of amides is 2. The fourth-order valence-corrected chi connectivity index (χ4v) is 10.2. The van der Waals surface area contributed by atoms with Gasteiger partial charge in [-0.05, 0) is 108 Å². The number of carbonyl (C=O) groups is 2. The van der Waals surface area contributed by atoms with Gasteiger partial charge < -0.3 is 24.7 Å². The van der Waals surface area contributed by atoms with Gasteiger partial charge in [0.25, 0.3) is 0 Å². The fraction of sp³-hybridized carbons (Fsp3) is 0.585. The van der Waals surface area contributed by atoms with Crippen LogP contribution in [0.4, 0.5) is 26.4 Å². The number of benzene rings is 1. The molecule has 2 N–H and O–H groups in total. The zero-order chi connectivity index (χ0) is 40.8. The molecule has 7 rings (SSSR count). The molecule has 1 saturated heterocycles. The van der Waals surface area contributed by atoms with Gasteiger partial charge in [0, 0.05) is 72.6 Å². The molecule has 2 atom stereocenters. The number of ether oxygens (including phenoxy) is 1. The van der Waals surface area contributed by atoms with Crippen LogP contribution < -0.4 is 10.6 Å². The largest absolute Gasteiger partial charge is 0.444 e. The van der Waals surface area contributed by atoms with Crippen LogP contribution in [0.15, 0.2) is 47.6 Å². The number of hydrogen-bond acceptors (Lipinski definition) is 10. The lowest BCUT2D eigenvalue weighted by molar-refractivity contribution is -0.211. The molecule has 1 aliphatic heterocycles. The minimum Gasteiger partial charge on any atom is -0.444 e. The van der Waals surface area contributed by atoms with Crippen molar-refractivity contribution in [2.45, 2.75) is 115 Å². The molecule has 3 aliphatic carbocycles. The van der Waals surface area contributed by atoms with E-state index in [1.807, 2.05) is 31.7 Å². The van der Waals surface area contributed by atoms with Crippen molar-refractivity contribution in [3.05, 3.63) is 53.4 Å². The molecule has 3 aromatic rings. The first kappa shape index (κ1) is 42.3. The van der Waals surface area contributed by atoms with Crippen LogP contribution in [0.5, 0.6) is 0 Å². The Bertz CT molecular complexity index is 1930. The molecule has 2 bridgehead atoms. The van der Waals surface area contributed by atoms with Gasteiger partial charge in [0.05, 0.1) is 16.8 Å². The highest BCUT2D eigenvalue weighted by Crippen LogP contribution is 2.73. The minimum atomic E-state index is -1.92. The number of nitrogens with one attached hydrogen (secondary N) is 2. The van der Waals surface area contributed by atoms with Gasteiger partial charge in [0.2, 0.25) is 5.91 Å². The summed E-state index contributed by atoms with van der Waals surface area (Å²) in [5, 5.41) is 16.5. The number of hydrogen-bond donors (Lipinski definition) is 2. The molecule has 1 aromatic carbocycles. The van der Waals surface area contributed by atoms with Crippen LogP contribution in [0.1, 0.15) is 74.7 Å². The van der Waals surface area contributed by atoms with E-state index in [4.69, 9.17) is 20.8 Å². The first-order chi connectivity index (χ1) is 26.1. The van der Waals surface area contributed by atoms with Gasteiger partial charge >= 0.3 is 6.09 Å². The average molecular weight is 827 g/mol. The van der Waals surface area contributed by atoms with E-state index in [0.29, 0.717) is 45.3 Å². The lowest BCUT2D eigenvalue weighted by Crippen LogP contribution is -2.71. The maximum absolute atomic E-state index is 14.9. The van der Waals surface area contributed by atoms with Gasteiger partial charge in [-0.3, -0.25) is 9.69 Å². The zero-order valence-corrected chi connectivity index (χ0v) is 37.0. The van der Waals surface area contributed by atoms with Crippen LogP contribution >= 0.6 is 23.4 Å². The van der Waals surface area contributed by atoms with Gasteiger partial charge in [-0.1, -0.05) is 32.4 Å². The van der Waals surface area contributed by atoms with E-state index in [0.717, 1.165) is 38.9 Å². The van der Waals surface area contributed by atoms with Crippen LogP contribution in [0, 0.1) is 16.6 Å². The molecule has 0 unspecified atom stereocenters. The maximum Gasteiger partial charge on any atom is 0.410 e. The lowest BCUT2D eigenvalue weighted by Gasteiger charge is -2.70. The molecule has 2 aromatic heterocycles. The van der Waals surface area contributed by atoms with Gasteiger partial charge in [0.1, 0.15) is 22.3 Å². The van der Waals surface area contributed by atoms with Crippen LogP contribution in [0.2, 0.25) is 23.2 Å². The molecule has 2 amide bonds. The topological polar surface area (TPSA) is 122 Å². The van der Waals surface area contributed by atoms with E-state index >= 15 is 0 Å². The second kappa shape index (κ2) is 15.8. The summed E-state index contributed by atoms with van der Waals surface area (Å²) in [4.78, 5) is 35.3. The number of anilines is 3. The molecular formula is C41H57ClFN7O4SSi. The average Bonchev–Trinajstić information content (AvgIpc) is 3.04. The Morgan fingerprint density at radius 3 is 2.34 bits per heavy atom. The smallest absolute Gasteiger partial charge is 0.410 e. The van der Waals surface area contributed by atoms with Crippen LogP contribution in [-0.4, -0.2) is 95.0 Å². The number of aromatic nitrogens is 3. The van der Waals surface area contributed by atoms with Crippen molar-refractivity contribution in [1.82, 2.24) is 25.0 Å². The van der Waals surface area contributed by atoms with Crippen LogP contribution in [-0.2, 0) is 14.0 Å². The first-order valence-corrected chi connectivity index (χ1v) is 23.7. The number of carbonyl (C=O) groups excluding carboxylic acids is 2. The van der Waals surface area contributed by atoms with E-state index < -0.39 is 19.7 Å². The van der Waals surface area contributed by atoms with E-state index in [1.54, 1.807) is 18.3 Å². The second-order valence-electron chi connectivity index (χ2n) is 18.6. The molecule has 4 aliphatic rings. The molecule has 0 radical (unpaired) electrons. The van der Waals surface area contributed by atoms with Gasteiger partial charge in [0.15, 0.2) is 8.32 Å². The standard InChI is InChI=1S/C41H57ClFN7O4SSi/c1-26-20-49(21-27(2)50(26)37(52)54-38(3,4)5)25-40-22-41(23-40,24-40)36(51)46-34-18-29(13-14-44-34)45-33-19-32(30-17-28(42)11-12-31(30)43)47-48-35(33)55-16-15-53-56(9,10)39(6,7)8/h11-14,17-19,26-27H,15-16,20-25H2,1-10H3,(H2,44,45,46,47,51)/t26-,27+,40?,41?. The summed E-state index contributed by atoms with van der Waals surface area (Å²) in [7, 11) is -1.92. The van der Waals surface area contributed by atoms with Crippen molar-refractivity contribution in [2.24, 2.45) is 10.8 Å². The number of nitrogens with zero attached hydrogens (tertiary/aromatic N) is 5. The summed E-state index contributed by atoms with van der Waals surface area (Å²) in [6, 6.07) is 9.78. The Hall–Kier alpha value is -3.30.